The first-order valence-corrected chi connectivity index (χ1v) is 6.13. The summed E-state index contributed by atoms with van der Waals surface area (Å²) in [7, 11) is 1.87. The van der Waals surface area contributed by atoms with Crippen molar-refractivity contribution in [2.45, 2.75) is 0 Å². The summed E-state index contributed by atoms with van der Waals surface area (Å²) in [6, 6.07) is 9.31. The molecule has 1 aromatic carbocycles. The molecule has 0 spiro atoms. The fraction of sp³-hybridized carbons (Fsp3) is 0.214. The van der Waals surface area contributed by atoms with Crippen LogP contribution in [0.1, 0.15) is 5.69 Å². The highest BCUT2D eigenvalue weighted by Crippen LogP contribution is 2.35. The van der Waals surface area contributed by atoms with Crippen LogP contribution in [0.25, 0.3) is 0 Å². The summed E-state index contributed by atoms with van der Waals surface area (Å²) in [6.07, 6.45) is 1.38. The minimum Gasteiger partial charge on any atom is -0.486 e. The third-order valence-corrected chi connectivity index (χ3v) is 3.02. The molecule has 0 unspecified atom stereocenters. The molecule has 0 saturated carbocycles. The molecule has 3 rings (SSSR count). The fourth-order valence-corrected chi connectivity index (χ4v) is 1.96. The van der Waals surface area contributed by atoms with E-state index in [1.54, 1.807) is 6.07 Å². The van der Waals surface area contributed by atoms with Gasteiger partial charge in [-0.3, -0.25) is 0 Å². The number of anilines is 2. The molecule has 0 N–H and O–H groups in total. The molecule has 6 nitrogen and oxygen atoms in total. The van der Waals surface area contributed by atoms with Crippen LogP contribution in [-0.4, -0.2) is 30.2 Å². The molecular formula is C14H12N4O2. The van der Waals surface area contributed by atoms with Gasteiger partial charge in [-0.1, -0.05) is 0 Å². The van der Waals surface area contributed by atoms with Gasteiger partial charge in [-0.15, -0.1) is 0 Å². The smallest absolute Gasteiger partial charge is 0.163 e. The summed E-state index contributed by atoms with van der Waals surface area (Å²) >= 11 is 0. The molecule has 1 aliphatic heterocycles. The van der Waals surface area contributed by atoms with Gasteiger partial charge >= 0.3 is 0 Å². The molecular weight excluding hydrogens is 256 g/mol. The van der Waals surface area contributed by atoms with E-state index in [1.807, 2.05) is 36.2 Å². The van der Waals surface area contributed by atoms with Crippen LogP contribution in [0.4, 0.5) is 11.5 Å². The third-order valence-electron chi connectivity index (χ3n) is 3.02. The number of rotatable bonds is 2. The van der Waals surface area contributed by atoms with Gasteiger partial charge < -0.3 is 14.4 Å². The number of fused-ring (bicyclic) bond motifs is 1. The van der Waals surface area contributed by atoms with Gasteiger partial charge in [0.2, 0.25) is 0 Å². The van der Waals surface area contributed by atoms with Crippen LogP contribution in [0.3, 0.4) is 0 Å². The Morgan fingerprint density at radius 2 is 1.95 bits per heavy atom. The Hall–Kier alpha value is -2.81. The minimum atomic E-state index is 0.333. The zero-order chi connectivity index (χ0) is 13.9. The van der Waals surface area contributed by atoms with Crippen molar-refractivity contribution in [3.8, 4) is 17.6 Å². The lowest BCUT2D eigenvalue weighted by Crippen LogP contribution is -2.17. The van der Waals surface area contributed by atoms with Gasteiger partial charge in [0.1, 0.15) is 37.1 Å². The van der Waals surface area contributed by atoms with Crippen LogP contribution in [0.15, 0.2) is 30.6 Å². The van der Waals surface area contributed by atoms with Crippen molar-refractivity contribution >= 4 is 11.5 Å². The second-order valence-corrected chi connectivity index (χ2v) is 4.26. The predicted octanol–water partition coefficient (Wildman–Crippen LogP) is 1.89. The standard InChI is InChI=1S/C14H12N4O2/c1-18(14-6-10(8-15)16-9-17-14)11-2-3-12-13(7-11)20-5-4-19-12/h2-3,6-7,9H,4-5H2,1H3. The Morgan fingerprint density at radius 3 is 2.75 bits per heavy atom. The summed E-state index contributed by atoms with van der Waals surface area (Å²) in [6.45, 7) is 1.12. The Morgan fingerprint density at radius 1 is 1.15 bits per heavy atom. The van der Waals surface area contributed by atoms with Crippen molar-refractivity contribution in [3.05, 3.63) is 36.3 Å². The zero-order valence-corrected chi connectivity index (χ0v) is 10.9. The number of hydrogen-bond acceptors (Lipinski definition) is 6. The van der Waals surface area contributed by atoms with Crippen molar-refractivity contribution < 1.29 is 9.47 Å². The number of nitriles is 1. The number of ether oxygens (including phenoxy) is 2. The molecule has 1 aromatic heterocycles. The lowest BCUT2D eigenvalue weighted by Gasteiger charge is -2.22. The van der Waals surface area contributed by atoms with E-state index in [-0.39, 0.29) is 0 Å². The Bertz CT molecular complexity index is 681. The van der Waals surface area contributed by atoms with E-state index in [2.05, 4.69) is 9.97 Å². The molecule has 0 amide bonds. The predicted molar refractivity (Wildman–Crippen MR) is 72.2 cm³/mol. The molecule has 2 aromatic rings. The monoisotopic (exact) mass is 268 g/mol. The van der Waals surface area contributed by atoms with E-state index in [9.17, 15) is 0 Å². The summed E-state index contributed by atoms with van der Waals surface area (Å²) < 4.78 is 11.0. The molecule has 6 heteroatoms. The highest BCUT2D eigenvalue weighted by Gasteiger charge is 2.14. The molecule has 0 saturated heterocycles. The van der Waals surface area contributed by atoms with Crippen LogP contribution < -0.4 is 14.4 Å². The average molecular weight is 268 g/mol. The van der Waals surface area contributed by atoms with Gasteiger partial charge in [0.25, 0.3) is 0 Å². The highest BCUT2D eigenvalue weighted by molar-refractivity contribution is 5.64. The van der Waals surface area contributed by atoms with Crippen molar-refractivity contribution in [2.75, 3.05) is 25.2 Å². The topological polar surface area (TPSA) is 71.3 Å². The van der Waals surface area contributed by atoms with E-state index >= 15 is 0 Å². The van der Waals surface area contributed by atoms with Crippen LogP contribution in [0.5, 0.6) is 11.5 Å². The summed E-state index contributed by atoms with van der Waals surface area (Å²) in [5, 5.41) is 8.88. The Labute approximate surface area is 116 Å². The number of aromatic nitrogens is 2. The van der Waals surface area contributed by atoms with Crippen molar-refractivity contribution in [1.82, 2.24) is 9.97 Å². The molecule has 1 aliphatic rings. The molecule has 0 bridgehead atoms. The van der Waals surface area contributed by atoms with Gasteiger partial charge in [-0.2, -0.15) is 5.26 Å². The SMILES string of the molecule is CN(c1ccc2c(c1)OCCO2)c1cc(C#N)ncn1. The van der Waals surface area contributed by atoms with E-state index in [0.29, 0.717) is 24.7 Å². The van der Waals surface area contributed by atoms with Gasteiger partial charge in [-0.25, -0.2) is 9.97 Å². The molecule has 0 fully saturated rings. The first kappa shape index (κ1) is 12.2. The van der Waals surface area contributed by atoms with Crippen LogP contribution in [0.2, 0.25) is 0 Å². The Balaban J connectivity index is 1.93. The number of nitrogens with zero attached hydrogens (tertiary/aromatic N) is 4. The van der Waals surface area contributed by atoms with Crippen LogP contribution >= 0.6 is 0 Å². The second kappa shape index (κ2) is 5.05. The van der Waals surface area contributed by atoms with Crippen molar-refractivity contribution in [1.29, 1.82) is 5.26 Å². The van der Waals surface area contributed by atoms with Crippen molar-refractivity contribution in [2.24, 2.45) is 0 Å². The number of hydrogen-bond donors (Lipinski definition) is 0. The van der Waals surface area contributed by atoms with E-state index in [1.165, 1.54) is 6.33 Å². The normalized spacial score (nSPS) is 12.6. The average Bonchev–Trinajstić information content (AvgIpc) is 2.53. The molecule has 0 atom stereocenters. The lowest BCUT2D eigenvalue weighted by atomic mass is 10.2. The Kier molecular flexibility index (Phi) is 3.09. The van der Waals surface area contributed by atoms with E-state index in [0.717, 1.165) is 17.2 Å². The molecule has 0 radical (unpaired) electrons. The molecule has 20 heavy (non-hydrogen) atoms. The summed E-state index contributed by atoms with van der Waals surface area (Å²) in [4.78, 5) is 9.89. The highest BCUT2D eigenvalue weighted by atomic mass is 16.6. The second-order valence-electron chi connectivity index (χ2n) is 4.26. The lowest BCUT2D eigenvalue weighted by molar-refractivity contribution is 0.171. The van der Waals surface area contributed by atoms with Crippen LogP contribution in [0, 0.1) is 11.3 Å². The van der Waals surface area contributed by atoms with Gasteiger partial charge in [-0.05, 0) is 12.1 Å². The fourth-order valence-electron chi connectivity index (χ4n) is 1.96. The van der Waals surface area contributed by atoms with E-state index in [4.69, 9.17) is 14.7 Å². The van der Waals surface area contributed by atoms with Crippen molar-refractivity contribution in [3.63, 3.8) is 0 Å². The number of benzene rings is 1. The molecule has 2 heterocycles. The summed E-state index contributed by atoms with van der Waals surface area (Å²) in [5.74, 6) is 2.11. The van der Waals surface area contributed by atoms with E-state index < -0.39 is 0 Å². The van der Waals surface area contributed by atoms with Gasteiger partial charge in [0.15, 0.2) is 11.5 Å². The van der Waals surface area contributed by atoms with Gasteiger partial charge in [0.05, 0.1) is 0 Å². The largest absolute Gasteiger partial charge is 0.486 e. The minimum absolute atomic E-state index is 0.333. The van der Waals surface area contributed by atoms with Gasteiger partial charge in [0, 0.05) is 24.9 Å². The molecule has 100 valence electrons. The maximum Gasteiger partial charge on any atom is 0.163 e. The first-order chi connectivity index (χ1) is 9.78. The maximum absolute atomic E-state index is 8.88. The first-order valence-electron chi connectivity index (χ1n) is 6.13. The maximum atomic E-state index is 8.88. The third kappa shape index (κ3) is 2.21. The quantitative estimate of drug-likeness (QED) is 0.828. The summed E-state index contributed by atoms with van der Waals surface area (Å²) in [5.41, 5.74) is 1.23. The molecule has 0 aliphatic carbocycles. The van der Waals surface area contributed by atoms with Crippen LogP contribution in [-0.2, 0) is 0 Å². The zero-order valence-electron chi connectivity index (χ0n) is 10.9.